The Labute approximate surface area is 190 Å². The van der Waals surface area contributed by atoms with Crippen molar-refractivity contribution in [3.8, 4) is 0 Å². The zero-order chi connectivity index (χ0) is 23.1. The van der Waals surface area contributed by atoms with Crippen LogP contribution in [0.1, 0.15) is 35.3 Å². The van der Waals surface area contributed by atoms with Crippen molar-refractivity contribution in [2.24, 2.45) is 0 Å². The Hall–Kier alpha value is -3.03. The first-order valence-electron chi connectivity index (χ1n) is 11.0. The molecule has 1 saturated heterocycles. The number of nitrogens with zero attached hydrogens (tertiary/aromatic N) is 3. The predicted octanol–water partition coefficient (Wildman–Crippen LogP) is 2.66. The fourth-order valence-corrected chi connectivity index (χ4v) is 3.93. The third kappa shape index (κ3) is 6.24. The largest absolute Gasteiger partial charge is 0.348 e. The lowest BCUT2D eigenvalue weighted by Crippen LogP contribution is -2.41. The van der Waals surface area contributed by atoms with E-state index in [-0.39, 0.29) is 17.6 Å². The molecule has 1 fully saturated rings. The predicted molar refractivity (Wildman–Crippen MR) is 126 cm³/mol. The van der Waals surface area contributed by atoms with Gasteiger partial charge >= 0.3 is 0 Å². The molecule has 2 aromatic rings. The van der Waals surface area contributed by atoms with Crippen LogP contribution in [-0.2, 0) is 9.59 Å². The van der Waals surface area contributed by atoms with Crippen LogP contribution in [0.3, 0.4) is 0 Å². The molecule has 0 spiro atoms. The molecule has 0 aliphatic carbocycles. The molecule has 3 rings (SSSR count). The van der Waals surface area contributed by atoms with Gasteiger partial charge in [-0.3, -0.25) is 24.2 Å². The highest BCUT2D eigenvalue weighted by atomic mass is 16.2. The minimum absolute atomic E-state index is 0.0411. The number of hydrogen-bond acceptors (Lipinski definition) is 5. The number of carbonyl (C=O) groups is 3. The maximum Gasteiger partial charge on any atom is 0.246 e. The van der Waals surface area contributed by atoms with Crippen LogP contribution in [0.25, 0.3) is 0 Å². The van der Waals surface area contributed by atoms with Crippen LogP contribution in [-0.4, -0.2) is 79.1 Å². The number of nitrogens with one attached hydrogen (secondary N) is 1. The van der Waals surface area contributed by atoms with Gasteiger partial charge < -0.3 is 10.2 Å². The van der Waals surface area contributed by atoms with Gasteiger partial charge in [-0.1, -0.05) is 42.5 Å². The third-order valence-electron chi connectivity index (χ3n) is 5.75. The van der Waals surface area contributed by atoms with E-state index < -0.39 is 6.04 Å². The van der Waals surface area contributed by atoms with E-state index in [1.165, 1.54) is 6.92 Å². The molecule has 1 N–H and O–H groups in total. The molecule has 0 saturated carbocycles. The summed E-state index contributed by atoms with van der Waals surface area (Å²) >= 11 is 0. The van der Waals surface area contributed by atoms with Crippen molar-refractivity contribution >= 4 is 23.3 Å². The van der Waals surface area contributed by atoms with E-state index in [0.29, 0.717) is 24.3 Å². The second-order valence-electron chi connectivity index (χ2n) is 8.39. The van der Waals surface area contributed by atoms with Gasteiger partial charge in [-0.05, 0) is 37.6 Å². The second-order valence-corrected chi connectivity index (χ2v) is 8.39. The lowest BCUT2D eigenvalue weighted by molar-refractivity contribution is -0.130. The van der Waals surface area contributed by atoms with Crippen molar-refractivity contribution in [2.75, 3.05) is 52.1 Å². The summed E-state index contributed by atoms with van der Waals surface area (Å²) in [6, 6.07) is 16.3. The van der Waals surface area contributed by atoms with Gasteiger partial charge in [-0.2, -0.15) is 0 Å². The Morgan fingerprint density at radius 2 is 1.72 bits per heavy atom. The molecule has 32 heavy (non-hydrogen) atoms. The lowest BCUT2D eigenvalue weighted by Gasteiger charge is -2.30. The van der Waals surface area contributed by atoms with Crippen molar-refractivity contribution in [3.05, 3.63) is 65.7 Å². The number of benzene rings is 2. The highest BCUT2D eigenvalue weighted by Gasteiger charge is 2.30. The quantitative estimate of drug-likeness (QED) is 0.676. The SMILES string of the molecule is CC(=O)c1cccc(NC(=O)C(c2ccccc2)N2CCCN(CC(=O)N(C)C)CC2)c1. The van der Waals surface area contributed by atoms with Crippen molar-refractivity contribution in [2.45, 2.75) is 19.4 Å². The average molecular weight is 437 g/mol. The van der Waals surface area contributed by atoms with Crippen LogP contribution in [0.15, 0.2) is 54.6 Å². The van der Waals surface area contributed by atoms with Crippen molar-refractivity contribution in [1.29, 1.82) is 0 Å². The first kappa shape index (κ1) is 23.6. The Morgan fingerprint density at radius 3 is 2.41 bits per heavy atom. The minimum atomic E-state index is -0.457. The second kappa shape index (κ2) is 11.0. The molecule has 1 aliphatic heterocycles. The molecule has 7 heteroatoms. The molecule has 2 aromatic carbocycles. The molecule has 2 amide bonds. The maximum absolute atomic E-state index is 13.4. The summed E-state index contributed by atoms with van der Waals surface area (Å²) in [7, 11) is 3.53. The first-order chi connectivity index (χ1) is 15.3. The fraction of sp³-hybridized carbons (Fsp3) is 0.400. The van der Waals surface area contributed by atoms with Gasteiger partial charge in [0.05, 0.1) is 6.54 Å². The molecule has 1 heterocycles. The van der Waals surface area contributed by atoms with Gasteiger partial charge in [0.25, 0.3) is 0 Å². The first-order valence-corrected chi connectivity index (χ1v) is 11.0. The van der Waals surface area contributed by atoms with Gasteiger partial charge in [-0.25, -0.2) is 0 Å². The van der Waals surface area contributed by atoms with Crippen LogP contribution in [0, 0.1) is 0 Å². The van der Waals surface area contributed by atoms with E-state index in [4.69, 9.17) is 0 Å². The van der Waals surface area contributed by atoms with Gasteiger partial charge in [0.1, 0.15) is 6.04 Å². The number of likely N-dealkylation sites (N-methyl/N-ethyl adjacent to an activating group) is 1. The molecular weight excluding hydrogens is 404 g/mol. The number of hydrogen-bond donors (Lipinski definition) is 1. The van der Waals surface area contributed by atoms with E-state index in [9.17, 15) is 14.4 Å². The van der Waals surface area contributed by atoms with Crippen LogP contribution in [0.5, 0.6) is 0 Å². The fourth-order valence-electron chi connectivity index (χ4n) is 3.93. The maximum atomic E-state index is 13.4. The van der Waals surface area contributed by atoms with Gasteiger partial charge in [0.15, 0.2) is 5.78 Å². The normalized spacial score (nSPS) is 16.1. The number of anilines is 1. The number of rotatable bonds is 7. The molecule has 170 valence electrons. The number of carbonyl (C=O) groups excluding carboxylic acids is 3. The zero-order valence-corrected chi connectivity index (χ0v) is 19.1. The topological polar surface area (TPSA) is 73.0 Å². The molecule has 0 aromatic heterocycles. The summed E-state index contributed by atoms with van der Waals surface area (Å²) < 4.78 is 0. The van der Waals surface area contributed by atoms with Gasteiger partial charge in [-0.15, -0.1) is 0 Å². The van der Waals surface area contributed by atoms with E-state index in [1.54, 1.807) is 43.3 Å². The summed E-state index contributed by atoms with van der Waals surface area (Å²) in [5, 5.41) is 3.00. The molecule has 7 nitrogen and oxygen atoms in total. The average Bonchev–Trinajstić information content (AvgIpc) is 3.00. The van der Waals surface area contributed by atoms with E-state index in [2.05, 4.69) is 15.1 Å². The van der Waals surface area contributed by atoms with Crippen molar-refractivity contribution in [3.63, 3.8) is 0 Å². The van der Waals surface area contributed by atoms with Crippen molar-refractivity contribution in [1.82, 2.24) is 14.7 Å². The molecule has 1 aliphatic rings. The van der Waals surface area contributed by atoms with E-state index in [0.717, 1.165) is 31.6 Å². The zero-order valence-electron chi connectivity index (χ0n) is 19.1. The van der Waals surface area contributed by atoms with Crippen LogP contribution < -0.4 is 5.32 Å². The lowest BCUT2D eigenvalue weighted by atomic mass is 10.0. The van der Waals surface area contributed by atoms with Gasteiger partial charge in [0.2, 0.25) is 11.8 Å². The number of Topliss-reactive ketones (excluding diaryl/α,β-unsaturated/α-hetero) is 1. The summed E-state index contributed by atoms with van der Waals surface area (Å²) in [5.41, 5.74) is 2.09. The summed E-state index contributed by atoms with van der Waals surface area (Å²) in [4.78, 5) is 43.2. The minimum Gasteiger partial charge on any atom is -0.348 e. The Morgan fingerprint density at radius 1 is 0.969 bits per heavy atom. The molecule has 1 atom stereocenters. The Kier molecular flexibility index (Phi) is 8.14. The highest BCUT2D eigenvalue weighted by molar-refractivity contribution is 5.98. The smallest absolute Gasteiger partial charge is 0.246 e. The summed E-state index contributed by atoms with van der Waals surface area (Å²) in [6.07, 6.45) is 0.872. The number of amides is 2. The van der Waals surface area contributed by atoms with E-state index in [1.807, 2.05) is 30.3 Å². The standard InChI is InChI=1S/C25H32N4O3/c1-19(30)21-11-7-12-22(17-21)26-25(32)24(20-9-5-4-6-10-20)29-14-8-13-28(15-16-29)18-23(31)27(2)3/h4-7,9-12,17,24H,8,13-16,18H2,1-3H3,(H,26,32). The Bertz CT molecular complexity index is 945. The third-order valence-corrected chi connectivity index (χ3v) is 5.75. The summed E-state index contributed by atoms with van der Waals surface area (Å²) in [6.45, 7) is 4.88. The van der Waals surface area contributed by atoms with Crippen molar-refractivity contribution < 1.29 is 14.4 Å². The van der Waals surface area contributed by atoms with Gasteiger partial charge in [0, 0.05) is 45.0 Å². The summed E-state index contributed by atoms with van der Waals surface area (Å²) in [5.74, 6) is -0.0866. The highest BCUT2D eigenvalue weighted by Crippen LogP contribution is 2.25. The monoisotopic (exact) mass is 436 g/mol. The Balaban J connectivity index is 1.78. The van der Waals surface area contributed by atoms with Crippen LogP contribution in [0.2, 0.25) is 0 Å². The molecular formula is C25H32N4O3. The van der Waals surface area contributed by atoms with E-state index >= 15 is 0 Å². The molecule has 0 radical (unpaired) electrons. The van der Waals surface area contributed by atoms with Crippen LogP contribution in [0.4, 0.5) is 5.69 Å². The molecule has 0 bridgehead atoms. The number of ketones is 1. The molecule has 1 unspecified atom stereocenters. The van der Waals surface area contributed by atoms with Crippen LogP contribution >= 0.6 is 0 Å².